The van der Waals surface area contributed by atoms with Gasteiger partial charge in [-0.2, -0.15) is 0 Å². The fraction of sp³-hybridized carbons (Fsp3) is 0.120. The van der Waals surface area contributed by atoms with Gasteiger partial charge in [-0.25, -0.2) is 13.1 Å². The summed E-state index contributed by atoms with van der Waals surface area (Å²) in [6.45, 7) is 1.04. The summed E-state index contributed by atoms with van der Waals surface area (Å²) in [7, 11) is -2.51. The van der Waals surface area contributed by atoms with Gasteiger partial charge in [-0.1, -0.05) is 59.6 Å². The lowest BCUT2D eigenvalue weighted by Crippen LogP contribution is -2.39. The number of benzene rings is 3. The molecule has 0 radical (unpaired) electrons. The number of halogens is 2. The van der Waals surface area contributed by atoms with E-state index in [4.69, 9.17) is 23.2 Å². The third-order valence-corrected chi connectivity index (χ3v) is 7.94. The van der Waals surface area contributed by atoms with Crippen LogP contribution in [0.2, 0.25) is 10.0 Å². The van der Waals surface area contributed by atoms with Gasteiger partial charge in [-0.05, 0) is 49.4 Å². The van der Waals surface area contributed by atoms with Gasteiger partial charge in [0.1, 0.15) is 12.2 Å². The summed E-state index contributed by atoms with van der Waals surface area (Å²) in [5, 5.41) is 2.93. The number of sulfonamides is 1. The van der Waals surface area contributed by atoms with Crippen LogP contribution in [0.3, 0.4) is 0 Å². The maximum Gasteiger partial charge on any atom is 0.295 e. The smallest absolute Gasteiger partial charge is 0.295 e. The monoisotopic (exact) mass is 544 g/mol. The summed E-state index contributed by atoms with van der Waals surface area (Å²) in [4.78, 5) is 26.3. The van der Waals surface area contributed by atoms with Gasteiger partial charge in [-0.3, -0.25) is 18.6 Å². The van der Waals surface area contributed by atoms with E-state index >= 15 is 0 Å². The molecule has 0 unspecified atom stereocenters. The summed E-state index contributed by atoms with van der Waals surface area (Å²) in [6, 6.07) is 20.9. The molecule has 0 bridgehead atoms. The number of nitrogens with zero attached hydrogens (tertiary/aromatic N) is 3. The van der Waals surface area contributed by atoms with Crippen LogP contribution in [0.1, 0.15) is 5.69 Å². The molecule has 186 valence electrons. The molecule has 0 atom stereocenters. The predicted octanol–water partition coefficient (Wildman–Crippen LogP) is 4.63. The Hall–Kier alpha value is -3.53. The molecule has 0 aliphatic heterocycles. The number of carbonyl (C=O) groups is 1. The van der Waals surface area contributed by atoms with E-state index in [1.165, 1.54) is 35.0 Å². The number of para-hydroxylation sites is 1. The van der Waals surface area contributed by atoms with Crippen molar-refractivity contribution in [2.45, 2.75) is 11.8 Å². The van der Waals surface area contributed by atoms with Crippen LogP contribution in [0.4, 0.5) is 11.4 Å². The van der Waals surface area contributed by atoms with E-state index in [2.05, 4.69) is 5.32 Å². The molecule has 1 heterocycles. The quantitative estimate of drug-likeness (QED) is 0.367. The van der Waals surface area contributed by atoms with Crippen molar-refractivity contribution >= 4 is 50.5 Å². The Labute approximate surface area is 218 Å². The molecule has 1 aromatic heterocycles. The van der Waals surface area contributed by atoms with Crippen molar-refractivity contribution in [1.29, 1.82) is 0 Å². The molecule has 8 nitrogen and oxygen atoms in total. The first-order valence-corrected chi connectivity index (χ1v) is 13.0. The van der Waals surface area contributed by atoms with Crippen LogP contribution in [0.5, 0.6) is 0 Å². The van der Waals surface area contributed by atoms with Crippen LogP contribution in [-0.4, -0.2) is 30.2 Å². The minimum absolute atomic E-state index is 0.0313. The number of nitrogens with one attached hydrogen (secondary N) is 1. The highest BCUT2D eigenvalue weighted by Gasteiger charge is 2.30. The zero-order valence-electron chi connectivity index (χ0n) is 19.4. The first kappa shape index (κ1) is 25.6. The summed E-state index contributed by atoms with van der Waals surface area (Å²) < 4.78 is 31.0. The van der Waals surface area contributed by atoms with Crippen LogP contribution in [0, 0.1) is 6.92 Å². The number of hydrogen-bond acceptors (Lipinski definition) is 4. The molecule has 0 saturated carbocycles. The van der Waals surface area contributed by atoms with Crippen molar-refractivity contribution < 1.29 is 13.2 Å². The van der Waals surface area contributed by atoms with Gasteiger partial charge < -0.3 is 5.32 Å². The van der Waals surface area contributed by atoms with E-state index in [0.717, 1.165) is 4.31 Å². The molecule has 4 rings (SSSR count). The topological polar surface area (TPSA) is 93.4 Å². The summed E-state index contributed by atoms with van der Waals surface area (Å²) in [5.74, 6) is -0.725. The van der Waals surface area contributed by atoms with E-state index in [0.29, 0.717) is 11.4 Å². The van der Waals surface area contributed by atoms with Crippen molar-refractivity contribution in [2.24, 2.45) is 7.05 Å². The van der Waals surface area contributed by atoms with Crippen LogP contribution in [0.25, 0.3) is 5.69 Å². The van der Waals surface area contributed by atoms with Gasteiger partial charge in [0.05, 0.1) is 27.0 Å². The fourth-order valence-electron chi connectivity index (χ4n) is 3.72. The molecule has 3 aromatic carbocycles. The average Bonchev–Trinajstić information content (AvgIpc) is 3.08. The molecule has 11 heteroatoms. The average molecular weight is 545 g/mol. The number of carbonyl (C=O) groups excluding carboxylic acids is 1. The van der Waals surface area contributed by atoms with E-state index in [9.17, 15) is 18.0 Å². The van der Waals surface area contributed by atoms with Crippen molar-refractivity contribution in [3.8, 4) is 5.69 Å². The SMILES string of the molecule is Cc1c(NC(=O)CN(c2cc(Cl)ccc2Cl)S(=O)(=O)c2ccccc2)c(=O)n(-c2ccccc2)n1C. The highest BCUT2D eigenvalue weighted by molar-refractivity contribution is 7.92. The number of amides is 1. The van der Waals surface area contributed by atoms with Crippen molar-refractivity contribution in [2.75, 3.05) is 16.2 Å². The molecule has 0 aliphatic carbocycles. The van der Waals surface area contributed by atoms with Gasteiger partial charge in [0.15, 0.2) is 0 Å². The molecule has 0 aliphatic rings. The fourth-order valence-corrected chi connectivity index (χ4v) is 5.61. The highest BCUT2D eigenvalue weighted by Crippen LogP contribution is 2.33. The first-order valence-electron chi connectivity index (χ1n) is 10.8. The second-order valence-corrected chi connectivity index (χ2v) is 10.6. The van der Waals surface area contributed by atoms with E-state index in [-0.39, 0.29) is 26.3 Å². The van der Waals surface area contributed by atoms with Crippen molar-refractivity contribution in [1.82, 2.24) is 9.36 Å². The lowest BCUT2D eigenvalue weighted by molar-refractivity contribution is -0.114. The van der Waals surface area contributed by atoms with Crippen LogP contribution >= 0.6 is 23.2 Å². The maximum absolute atomic E-state index is 13.5. The zero-order valence-corrected chi connectivity index (χ0v) is 21.7. The largest absolute Gasteiger partial charge is 0.318 e. The van der Waals surface area contributed by atoms with Gasteiger partial charge in [0.2, 0.25) is 5.91 Å². The third-order valence-electron chi connectivity index (χ3n) is 5.61. The minimum atomic E-state index is -4.21. The van der Waals surface area contributed by atoms with Crippen molar-refractivity contribution in [3.05, 3.63) is 105 Å². The normalized spacial score (nSPS) is 11.3. The van der Waals surface area contributed by atoms with Gasteiger partial charge in [0, 0.05) is 12.1 Å². The summed E-state index contributed by atoms with van der Waals surface area (Å²) in [6.07, 6.45) is 0. The zero-order chi connectivity index (χ0) is 26.0. The lowest BCUT2D eigenvalue weighted by atomic mass is 10.3. The molecular formula is C25H22Cl2N4O4S. The van der Waals surface area contributed by atoms with E-state index in [1.54, 1.807) is 61.1 Å². The van der Waals surface area contributed by atoms with Crippen LogP contribution in [0.15, 0.2) is 88.6 Å². The minimum Gasteiger partial charge on any atom is -0.318 e. The standard InChI is InChI=1S/C25H22Cl2N4O4S/c1-17-24(25(33)31(29(17)2)19-9-5-3-6-10-19)28-23(32)16-30(22-15-18(26)13-14-21(22)27)36(34,35)20-11-7-4-8-12-20/h3-15H,16H2,1-2H3,(H,28,32). The Bertz CT molecular complexity index is 1580. The Kier molecular flexibility index (Phi) is 7.26. The molecular weight excluding hydrogens is 523 g/mol. The molecule has 0 fully saturated rings. The Morgan fingerprint density at radius 1 is 0.972 bits per heavy atom. The Morgan fingerprint density at radius 2 is 1.58 bits per heavy atom. The Morgan fingerprint density at radius 3 is 2.22 bits per heavy atom. The highest BCUT2D eigenvalue weighted by atomic mass is 35.5. The predicted molar refractivity (Wildman–Crippen MR) is 142 cm³/mol. The number of anilines is 2. The number of rotatable bonds is 7. The molecule has 0 spiro atoms. The van der Waals surface area contributed by atoms with Crippen LogP contribution in [-0.2, 0) is 21.9 Å². The van der Waals surface area contributed by atoms with Gasteiger partial charge >= 0.3 is 0 Å². The third kappa shape index (κ3) is 4.90. The lowest BCUT2D eigenvalue weighted by Gasteiger charge is -2.25. The second kappa shape index (κ2) is 10.2. The Balaban J connectivity index is 1.72. The van der Waals surface area contributed by atoms with Gasteiger partial charge in [0.25, 0.3) is 15.6 Å². The molecule has 0 saturated heterocycles. The summed E-state index contributed by atoms with van der Waals surface area (Å²) >= 11 is 12.4. The number of aromatic nitrogens is 2. The molecule has 36 heavy (non-hydrogen) atoms. The molecule has 1 N–H and O–H groups in total. The van der Waals surface area contributed by atoms with E-state index in [1.807, 2.05) is 6.07 Å². The molecule has 1 amide bonds. The maximum atomic E-state index is 13.5. The first-order chi connectivity index (χ1) is 17.1. The van der Waals surface area contributed by atoms with Gasteiger partial charge in [-0.15, -0.1) is 0 Å². The summed E-state index contributed by atoms with van der Waals surface area (Å²) in [5.41, 5.74) is 0.742. The number of hydrogen-bond donors (Lipinski definition) is 1. The van der Waals surface area contributed by atoms with E-state index < -0.39 is 28.0 Å². The second-order valence-electron chi connectivity index (χ2n) is 7.91. The van der Waals surface area contributed by atoms with Crippen molar-refractivity contribution in [3.63, 3.8) is 0 Å². The van der Waals surface area contributed by atoms with Crippen LogP contribution < -0.4 is 15.2 Å². The molecule has 4 aromatic rings.